The van der Waals surface area contributed by atoms with Crippen molar-refractivity contribution in [3.63, 3.8) is 0 Å². The van der Waals surface area contributed by atoms with Gasteiger partial charge in [-0.25, -0.2) is 0 Å². The Morgan fingerprint density at radius 3 is 2.67 bits per heavy atom. The first-order chi connectivity index (χ1) is 10.2. The molecule has 3 nitrogen and oxygen atoms in total. The van der Waals surface area contributed by atoms with Gasteiger partial charge >= 0.3 is 0 Å². The normalized spacial score (nSPS) is 12.2. The zero-order valence-electron chi connectivity index (χ0n) is 12.7. The Morgan fingerprint density at radius 1 is 1.29 bits per heavy atom. The van der Waals surface area contributed by atoms with E-state index in [-0.39, 0.29) is 6.04 Å². The predicted molar refractivity (Wildman–Crippen MR) is 87.1 cm³/mol. The summed E-state index contributed by atoms with van der Waals surface area (Å²) in [6.45, 7) is 5.18. The number of methoxy groups -OCH3 is 1. The summed E-state index contributed by atoms with van der Waals surface area (Å²) in [5.74, 6) is 0.870. The highest BCUT2D eigenvalue weighted by atomic mass is 35.5. The van der Waals surface area contributed by atoms with E-state index in [2.05, 4.69) is 30.2 Å². The third kappa shape index (κ3) is 3.96. The molecule has 1 atom stereocenters. The first kappa shape index (κ1) is 15.8. The molecule has 1 N–H and O–H groups in total. The lowest BCUT2D eigenvalue weighted by Crippen LogP contribution is -2.24. The highest BCUT2D eigenvalue weighted by Gasteiger charge is 2.17. The molecule has 0 saturated carbocycles. The quantitative estimate of drug-likeness (QED) is 0.871. The standard InChI is InChI=1S/C17H21ClN2O/c1-4-9-19-17(16-8-5-13(18)11-20-16)15-7-6-14(21-3)10-12(15)2/h5-8,10-11,17,19H,4,9H2,1-3H3. The molecule has 0 aliphatic rings. The number of aryl methyl sites for hydroxylation is 1. The number of hydrogen-bond acceptors (Lipinski definition) is 3. The van der Waals surface area contributed by atoms with E-state index >= 15 is 0 Å². The molecular weight excluding hydrogens is 284 g/mol. The molecule has 1 aromatic carbocycles. The molecule has 4 heteroatoms. The summed E-state index contributed by atoms with van der Waals surface area (Å²) in [7, 11) is 1.68. The first-order valence-electron chi connectivity index (χ1n) is 7.15. The molecule has 0 aliphatic heterocycles. The number of pyridine rings is 1. The van der Waals surface area contributed by atoms with Crippen LogP contribution in [-0.4, -0.2) is 18.6 Å². The molecule has 0 radical (unpaired) electrons. The maximum Gasteiger partial charge on any atom is 0.119 e. The zero-order chi connectivity index (χ0) is 15.2. The maximum atomic E-state index is 5.94. The van der Waals surface area contributed by atoms with Gasteiger partial charge in [0.05, 0.1) is 23.9 Å². The van der Waals surface area contributed by atoms with Gasteiger partial charge < -0.3 is 10.1 Å². The van der Waals surface area contributed by atoms with Crippen LogP contribution in [0.25, 0.3) is 0 Å². The Kier molecular flexibility index (Phi) is 5.59. The highest BCUT2D eigenvalue weighted by Crippen LogP contribution is 2.27. The van der Waals surface area contributed by atoms with Crippen molar-refractivity contribution in [2.24, 2.45) is 0 Å². The van der Waals surface area contributed by atoms with Crippen LogP contribution in [0.15, 0.2) is 36.5 Å². The van der Waals surface area contributed by atoms with Gasteiger partial charge in [-0.2, -0.15) is 0 Å². The van der Waals surface area contributed by atoms with Crippen LogP contribution in [0.4, 0.5) is 0 Å². The van der Waals surface area contributed by atoms with Gasteiger partial charge in [-0.1, -0.05) is 24.6 Å². The van der Waals surface area contributed by atoms with Crippen LogP contribution in [0.1, 0.15) is 36.2 Å². The van der Waals surface area contributed by atoms with E-state index in [1.54, 1.807) is 13.3 Å². The van der Waals surface area contributed by atoms with Crippen molar-refractivity contribution in [1.29, 1.82) is 0 Å². The number of hydrogen-bond donors (Lipinski definition) is 1. The lowest BCUT2D eigenvalue weighted by Gasteiger charge is -2.21. The van der Waals surface area contributed by atoms with Crippen molar-refractivity contribution in [2.45, 2.75) is 26.3 Å². The van der Waals surface area contributed by atoms with Crippen LogP contribution in [0.5, 0.6) is 5.75 Å². The van der Waals surface area contributed by atoms with E-state index in [0.717, 1.165) is 24.4 Å². The minimum atomic E-state index is 0.0631. The van der Waals surface area contributed by atoms with E-state index in [9.17, 15) is 0 Å². The van der Waals surface area contributed by atoms with E-state index < -0.39 is 0 Å². The summed E-state index contributed by atoms with van der Waals surface area (Å²) < 4.78 is 5.28. The summed E-state index contributed by atoms with van der Waals surface area (Å²) in [6, 6.07) is 10.0. The molecule has 0 aliphatic carbocycles. The van der Waals surface area contributed by atoms with E-state index in [1.807, 2.05) is 24.3 Å². The minimum Gasteiger partial charge on any atom is -0.497 e. The molecule has 2 rings (SSSR count). The van der Waals surface area contributed by atoms with Crippen molar-refractivity contribution in [2.75, 3.05) is 13.7 Å². The summed E-state index contributed by atoms with van der Waals surface area (Å²) in [5, 5.41) is 4.21. The monoisotopic (exact) mass is 304 g/mol. The van der Waals surface area contributed by atoms with E-state index in [1.165, 1.54) is 11.1 Å². The summed E-state index contributed by atoms with van der Waals surface area (Å²) in [6.07, 6.45) is 2.76. The molecule has 1 heterocycles. The van der Waals surface area contributed by atoms with Gasteiger partial charge in [0.15, 0.2) is 0 Å². The molecule has 0 fully saturated rings. The van der Waals surface area contributed by atoms with Gasteiger partial charge in [0, 0.05) is 6.20 Å². The molecule has 1 aromatic heterocycles. The van der Waals surface area contributed by atoms with E-state index in [0.29, 0.717) is 5.02 Å². The number of benzene rings is 1. The Hall–Kier alpha value is -1.58. The summed E-state index contributed by atoms with van der Waals surface area (Å²) in [5.41, 5.74) is 3.36. The fourth-order valence-corrected chi connectivity index (χ4v) is 2.43. The smallest absolute Gasteiger partial charge is 0.119 e. The third-order valence-corrected chi connectivity index (χ3v) is 3.66. The third-order valence-electron chi connectivity index (χ3n) is 3.43. The fourth-order valence-electron chi connectivity index (χ4n) is 2.32. The average Bonchev–Trinajstić information content (AvgIpc) is 2.50. The largest absolute Gasteiger partial charge is 0.497 e. The zero-order valence-corrected chi connectivity index (χ0v) is 13.4. The Morgan fingerprint density at radius 2 is 2.10 bits per heavy atom. The average molecular weight is 305 g/mol. The van der Waals surface area contributed by atoms with E-state index in [4.69, 9.17) is 16.3 Å². The van der Waals surface area contributed by atoms with Gasteiger partial charge in [-0.15, -0.1) is 0 Å². The molecule has 0 spiro atoms. The molecule has 2 aromatic rings. The predicted octanol–water partition coefficient (Wildman–Crippen LogP) is 4.14. The topological polar surface area (TPSA) is 34.2 Å². The lowest BCUT2D eigenvalue weighted by molar-refractivity contribution is 0.414. The molecule has 112 valence electrons. The lowest BCUT2D eigenvalue weighted by atomic mass is 9.97. The number of nitrogens with zero attached hydrogens (tertiary/aromatic N) is 1. The van der Waals surface area contributed by atoms with Crippen molar-refractivity contribution >= 4 is 11.6 Å². The number of ether oxygens (including phenoxy) is 1. The van der Waals surface area contributed by atoms with Crippen molar-refractivity contribution in [3.05, 3.63) is 58.4 Å². The second kappa shape index (κ2) is 7.43. The number of nitrogens with one attached hydrogen (secondary N) is 1. The number of halogens is 1. The summed E-state index contributed by atoms with van der Waals surface area (Å²) in [4.78, 5) is 4.47. The first-order valence-corrected chi connectivity index (χ1v) is 7.53. The van der Waals surface area contributed by atoms with Crippen LogP contribution in [0.3, 0.4) is 0 Å². The minimum absolute atomic E-state index is 0.0631. The van der Waals surface area contributed by atoms with Crippen LogP contribution in [-0.2, 0) is 0 Å². The second-order valence-electron chi connectivity index (χ2n) is 5.01. The Labute approximate surface area is 131 Å². The molecular formula is C17H21ClN2O. The van der Waals surface area contributed by atoms with Crippen LogP contribution < -0.4 is 10.1 Å². The van der Waals surface area contributed by atoms with Gasteiger partial charge in [0.2, 0.25) is 0 Å². The van der Waals surface area contributed by atoms with Crippen molar-refractivity contribution < 1.29 is 4.74 Å². The molecule has 0 saturated heterocycles. The molecule has 1 unspecified atom stereocenters. The van der Waals surface area contributed by atoms with Gasteiger partial charge in [0.1, 0.15) is 5.75 Å². The van der Waals surface area contributed by atoms with Crippen molar-refractivity contribution in [1.82, 2.24) is 10.3 Å². The number of aromatic nitrogens is 1. The van der Waals surface area contributed by atoms with Crippen LogP contribution in [0, 0.1) is 6.92 Å². The van der Waals surface area contributed by atoms with Gasteiger partial charge in [0.25, 0.3) is 0 Å². The molecule has 0 bridgehead atoms. The second-order valence-corrected chi connectivity index (χ2v) is 5.45. The Balaban J connectivity index is 2.37. The number of rotatable bonds is 6. The molecule has 0 amide bonds. The maximum absolute atomic E-state index is 5.94. The van der Waals surface area contributed by atoms with Crippen molar-refractivity contribution in [3.8, 4) is 5.75 Å². The summed E-state index contributed by atoms with van der Waals surface area (Å²) >= 11 is 5.94. The van der Waals surface area contributed by atoms with Crippen LogP contribution >= 0.6 is 11.6 Å². The fraction of sp³-hybridized carbons (Fsp3) is 0.353. The van der Waals surface area contributed by atoms with Gasteiger partial charge in [-0.3, -0.25) is 4.98 Å². The van der Waals surface area contributed by atoms with Crippen LogP contribution in [0.2, 0.25) is 5.02 Å². The SMILES string of the molecule is CCCNC(c1ccc(Cl)cn1)c1ccc(OC)cc1C. The molecule has 21 heavy (non-hydrogen) atoms. The highest BCUT2D eigenvalue weighted by molar-refractivity contribution is 6.30. The van der Waals surface area contributed by atoms with Gasteiger partial charge in [-0.05, 0) is 55.3 Å². The Bertz CT molecular complexity index is 584.